The van der Waals surface area contributed by atoms with Crippen molar-refractivity contribution in [2.45, 2.75) is 51.1 Å². The van der Waals surface area contributed by atoms with Crippen molar-refractivity contribution in [1.82, 2.24) is 10.2 Å². The molecule has 0 radical (unpaired) electrons. The molecule has 2 amide bonds. The molecule has 5 nitrogen and oxygen atoms in total. The van der Waals surface area contributed by atoms with Crippen LogP contribution in [0.1, 0.15) is 46.7 Å². The van der Waals surface area contributed by atoms with E-state index in [4.69, 9.17) is 5.73 Å². The lowest BCUT2D eigenvalue weighted by Gasteiger charge is -2.33. The molecule has 0 bridgehead atoms. The van der Waals surface area contributed by atoms with Gasteiger partial charge in [-0.15, -0.1) is 11.3 Å². The van der Waals surface area contributed by atoms with E-state index in [1.54, 1.807) is 0 Å². The van der Waals surface area contributed by atoms with E-state index in [0.717, 1.165) is 54.9 Å². The minimum Gasteiger partial charge on any atom is -0.348 e. The summed E-state index contributed by atoms with van der Waals surface area (Å²) >= 11 is 1.52. The normalized spacial score (nSPS) is 25.6. The van der Waals surface area contributed by atoms with Gasteiger partial charge in [0.1, 0.15) is 0 Å². The smallest absolute Gasteiger partial charge is 0.261 e. The molecule has 2 fully saturated rings. The van der Waals surface area contributed by atoms with Gasteiger partial charge in [0.2, 0.25) is 5.91 Å². The van der Waals surface area contributed by atoms with Crippen molar-refractivity contribution >= 4 is 23.2 Å². The molecule has 1 aromatic rings. The Kier molecular flexibility index (Phi) is 5.02. The Bertz CT molecular complexity index is 578. The van der Waals surface area contributed by atoms with E-state index in [9.17, 15) is 9.59 Å². The van der Waals surface area contributed by atoms with E-state index in [1.807, 2.05) is 24.0 Å². The summed E-state index contributed by atoms with van der Waals surface area (Å²) in [5.74, 6) is 0.386. The van der Waals surface area contributed by atoms with Crippen LogP contribution in [0.15, 0.2) is 12.1 Å². The minimum atomic E-state index is 0.00893. The number of hydrogen-bond donors (Lipinski definition) is 2. The van der Waals surface area contributed by atoms with Crippen LogP contribution in [-0.2, 0) is 4.79 Å². The van der Waals surface area contributed by atoms with Crippen LogP contribution in [0.2, 0.25) is 0 Å². The van der Waals surface area contributed by atoms with Crippen LogP contribution in [-0.4, -0.2) is 41.9 Å². The zero-order valence-electron chi connectivity index (χ0n) is 13.6. The second-order valence-corrected chi connectivity index (χ2v) is 8.04. The average molecular weight is 335 g/mol. The second kappa shape index (κ2) is 7.01. The van der Waals surface area contributed by atoms with Crippen molar-refractivity contribution < 1.29 is 9.59 Å². The molecule has 2 aliphatic rings. The van der Waals surface area contributed by atoms with Crippen molar-refractivity contribution in [1.29, 1.82) is 0 Å². The predicted octanol–water partition coefficient (Wildman–Crippen LogP) is 1.90. The second-order valence-electron chi connectivity index (χ2n) is 6.75. The highest BCUT2D eigenvalue weighted by Gasteiger charge is 2.33. The van der Waals surface area contributed by atoms with Crippen LogP contribution < -0.4 is 11.1 Å². The zero-order chi connectivity index (χ0) is 16.4. The molecule has 3 rings (SSSR count). The summed E-state index contributed by atoms with van der Waals surface area (Å²) < 4.78 is 0. The molecule has 1 aromatic heterocycles. The summed E-state index contributed by atoms with van der Waals surface area (Å²) in [6, 6.07) is 4.19. The number of thiophene rings is 1. The number of likely N-dealkylation sites (tertiary alicyclic amines) is 1. The molecule has 126 valence electrons. The van der Waals surface area contributed by atoms with Crippen molar-refractivity contribution in [3.63, 3.8) is 0 Å². The van der Waals surface area contributed by atoms with Gasteiger partial charge in [0.15, 0.2) is 0 Å². The largest absolute Gasteiger partial charge is 0.348 e. The van der Waals surface area contributed by atoms with Gasteiger partial charge in [-0.25, -0.2) is 0 Å². The SMILES string of the molecule is Cc1ccc(C(=O)NC2CCN(C(=O)C3CCC(N)C3)CC2)s1. The number of nitrogens with zero attached hydrogens (tertiary/aromatic N) is 1. The Labute approximate surface area is 141 Å². The van der Waals surface area contributed by atoms with Crippen LogP contribution in [0.25, 0.3) is 0 Å². The van der Waals surface area contributed by atoms with E-state index in [-0.39, 0.29) is 29.8 Å². The fourth-order valence-electron chi connectivity index (χ4n) is 3.56. The minimum absolute atomic E-state index is 0.00893. The molecule has 1 aliphatic heterocycles. The van der Waals surface area contributed by atoms with Gasteiger partial charge >= 0.3 is 0 Å². The van der Waals surface area contributed by atoms with Crippen LogP contribution >= 0.6 is 11.3 Å². The zero-order valence-corrected chi connectivity index (χ0v) is 14.4. The van der Waals surface area contributed by atoms with Crippen molar-refractivity contribution in [2.75, 3.05) is 13.1 Å². The molecule has 0 spiro atoms. The van der Waals surface area contributed by atoms with Gasteiger partial charge in [0, 0.05) is 36.0 Å². The Morgan fingerprint density at radius 2 is 1.96 bits per heavy atom. The topological polar surface area (TPSA) is 75.4 Å². The molecule has 23 heavy (non-hydrogen) atoms. The van der Waals surface area contributed by atoms with Gasteiger partial charge in [-0.05, 0) is 51.2 Å². The molecule has 6 heteroatoms. The van der Waals surface area contributed by atoms with Crippen molar-refractivity contribution in [3.8, 4) is 0 Å². The molecular formula is C17H25N3O2S. The van der Waals surface area contributed by atoms with Crippen LogP contribution in [0.4, 0.5) is 0 Å². The number of hydrogen-bond acceptors (Lipinski definition) is 4. The number of nitrogens with two attached hydrogens (primary N) is 1. The first-order valence-electron chi connectivity index (χ1n) is 8.44. The van der Waals surface area contributed by atoms with E-state index in [0.29, 0.717) is 0 Å². The number of nitrogens with one attached hydrogen (secondary N) is 1. The summed E-state index contributed by atoms with van der Waals surface area (Å²) in [5, 5.41) is 3.10. The highest BCUT2D eigenvalue weighted by Crippen LogP contribution is 2.27. The summed E-state index contributed by atoms with van der Waals surface area (Å²) in [6.45, 7) is 3.47. The van der Waals surface area contributed by atoms with Crippen LogP contribution in [0.5, 0.6) is 0 Å². The van der Waals surface area contributed by atoms with Gasteiger partial charge in [0.25, 0.3) is 5.91 Å². The predicted molar refractivity (Wildman–Crippen MR) is 91.4 cm³/mol. The van der Waals surface area contributed by atoms with Gasteiger partial charge < -0.3 is 16.0 Å². The summed E-state index contributed by atoms with van der Waals surface area (Å²) in [4.78, 5) is 28.5. The lowest BCUT2D eigenvalue weighted by atomic mass is 10.0. The summed E-state index contributed by atoms with van der Waals surface area (Å²) in [7, 11) is 0. The van der Waals surface area contributed by atoms with Crippen LogP contribution in [0, 0.1) is 12.8 Å². The molecule has 0 aromatic carbocycles. The lowest BCUT2D eigenvalue weighted by Crippen LogP contribution is -2.47. The third-order valence-electron chi connectivity index (χ3n) is 4.93. The molecule has 3 N–H and O–H groups in total. The highest BCUT2D eigenvalue weighted by atomic mass is 32.1. The fraction of sp³-hybridized carbons (Fsp3) is 0.647. The molecule has 2 unspecified atom stereocenters. The number of aryl methyl sites for hydroxylation is 1. The van der Waals surface area contributed by atoms with Gasteiger partial charge in [-0.1, -0.05) is 0 Å². The third kappa shape index (κ3) is 3.93. The number of carbonyl (C=O) groups excluding carboxylic acids is 2. The van der Waals surface area contributed by atoms with E-state index < -0.39 is 0 Å². The number of rotatable bonds is 3. The number of carbonyl (C=O) groups is 2. The Balaban J connectivity index is 1.47. The standard InChI is InChI=1S/C17H25N3O2S/c1-11-2-5-15(23-11)16(21)19-14-6-8-20(9-7-14)17(22)12-3-4-13(18)10-12/h2,5,12-14H,3-4,6-10,18H2,1H3,(H,19,21). The molecular weight excluding hydrogens is 310 g/mol. The maximum Gasteiger partial charge on any atom is 0.261 e. The average Bonchev–Trinajstić information content (AvgIpc) is 3.16. The molecule has 1 saturated carbocycles. The third-order valence-corrected chi connectivity index (χ3v) is 5.93. The van der Waals surface area contributed by atoms with Crippen molar-refractivity contribution in [2.24, 2.45) is 11.7 Å². The van der Waals surface area contributed by atoms with E-state index in [1.165, 1.54) is 11.3 Å². The lowest BCUT2D eigenvalue weighted by molar-refractivity contribution is -0.136. The van der Waals surface area contributed by atoms with Gasteiger partial charge in [-0.2, -0.15) is 0 Å². The molecule has 2 atom stereocenters. The molecule has 1 aliphatic carbocycles. The van der Waals surface area contributed by atoms with Crippen molar-refractivity contribution in [3.05, 3.63) is 21.9 Å². The monoisotopic (exact) mass is 335 g/mol. The highest BCUT2D eigenvalue weighted by molar-refractivity contribution is 7.13. The number of piperidine rings is 1. The fourth-order valence-corrected chi connectivity index (χ4v) is 4.33. The van der Waals surface area contributed by atoms with Gasteiger partial charge in [-0.3, -0.25) is 9.59 Å². The Hall–Kier alpha value is -1.40. The maximum absolute atomic E-state index is 12.5. The Morgan fingerprint density at radius 1 is 1.22 bits per heavy atom. The summed E-state index contributed by atoms with van der Waals surface area (Å²) in [6.07, 6.45) is 4.38. The molecule has 1 saturated heterocycles. The van der Waals surface area contributed by atoms with Crippen LogP contribution in [0.3, 0.4) is 0 Å². The molecule has 2 heterocycles. The quantitative estimate of drug-likeness (QED) is 0.886. The maximum atomic E-state index is 12.5. The van der Waals surface area contributed by atoms with E-state index in [2.05, 4.69) is 5.32 Å². The first-order chi connectivity index (χ1) is 11.0. The van der Waals surface area contributed by atoms with Gasteiger partial charge in [0.05, 0.1) is 4.88 Å². The first-order valence-corrected chi connectivity index (χ1v) is 9.26. The number of amides is 2. The first kappa shape index (κ1) is 16.5. The van der Waals surface area contributed by atoms with E-state index >= 15 is 0 Å². The summed E-state index contributed by atoms with van der Waals surface area (Å²) in [5.41, 5.74) is 5.91. The Morgan fingerprint density at radius 3 is 2.52 bits per heavy atom.